The molecule has 2 aromatic rings. The Bertz CT molecular complexity index is 847. The van der Waals surface area contributed by atoms with Crippen LogP contribution < -0.4 is 16.2 Å². The molecule has 1 amide bonds. The van der Waals surface area contributed by atoms with E-state index in [1.165, 1.54) is 40.0 Å². The normalized spacial score (nSPS) is 12.4. The Morgan fingerprint density at radius 2 is 2.08 bits per heavy atom. The summed E-state index contributed by atoms with van der Waals surface area (Å²) in [6.07, 6.45) is 3.17. The van der Waals surface area contributed by atoms with Crippen molar-refractivity contribution in [1.29, 1.82) is 0 Å². The molecule has 0 unspecified atom stereocenters. The lowest BCUT2D eigenvalue weighted by Crippen LogP contribution is -2.43. The summed E-state index contributed by atoms with van der Waals surface area (Å²) in [5, 5.41) is 13.9. The van der Waals surface area contributed by atoms with Gasteiger partial charge in [0, 0.05) is 17.0 Å². The maximum atomic E-state index is 12.2. The lowest BCUT2D eigenvalue weighted by atomic mass is 10.2. The first-order valence-electron chi connectivity index (χ1n) is 7.37. The number of nitrogens with one attached hydrogen (secondary N) is 3. The molecule has 0 aliphatic heterocycles. The Labute approximate surface area is 157 Å². The quantitative estimate of drug-likeness (QED) is 0.418. The van der Waals surface area contributed by atoms with Gasteiger partial charge in [-0.15, -0.1) is 11.3 Å². The Morgan fingerprint density at radius 1 is 1.28 bits per heavy atom. The second-order valence-corrected chi connectivity index (χ2v) is 7.32. The Kier molecular flexibility index (Phi) is 5.16. The fraction of sp³-hybridized carbons (Fsp3) is 0.200. The van der Waals surface area contributed by atoms with Gasteiger partial charge in [0.05, 0.1) is 20.5 Å². The van der Waals surface area contributed by atoms with E-state index >= 15 is 0 Å². The molecule has 0 saturated heterocycles. The number of nitro benzene ring substituents is 1. The number of carbonyl (C=O) groups excluding carboxylic acids is 1. The molecule has 0 atom stereocenters. The summed E-state index contributed by atoms with van der Waals surface area (Å²) < 4.78 is 0. The molecule has 3 rings (SSSR count). The molecule has 0 spiro atoms. The monoisotopic (exact) mass is 396 g/mol. The lowest BCUT2D eigenvalue weighted by molar-refractivity contribution is -0.384. The molecule has 1 aliphatic carbocycles. The summed E-state index contributed by atoms with van der Waals surface area (Å²) in [7, 11) is 0. The number of nitro groups is 1. The van der Waals surface area contributed by atoms with Crippen LogP contribution in [0.15, 0.2) is 24.3 Å². The van der Waals surface area contributed by atoms with Crippen molar-refractivity contribution in [2.45, 2.75) is 19.3 Å². The van der Waals surface area contributed by atoms with Gasteiger partial charge >= 0.3 is 0 Å². The average molecular weight is 397 g/mol. The second-order valence-electron chi connectivity index (χ2n) is 5.37. The number of thiocarbonyl (C=S) groups is 1. The number of non-ortho nitro benzene ring substituents is 1. The standard InChI is InChI=1S/C15H13ClN4O3S2/c16-10-5-4-9(20(22)23)7-11(10)17-15(24)19-18-14(21)13-6-8-2-1-3-12(8)25-13/h4-7H,1-3H2,(H,18,21)(H2,17,19,24). The van der Waals surface area contributed by atoms with E-state index in [-0.39, 0.29) is 27.4 Å². The highest BCUT2D eigenvalue weighted by molar-refractivity contribution is 7.80. The van der Waals surface area contributed by atoms with Gasteiger partial charge in [-0.2, -0.15) is 0 Å². The first-order chi connectivity index (χ1) is 11.9. The zero-order valence-electron chi connectivity index (χ0n) is 12.8. The predicted molar refractivity (Wildman–Crippen MR) is 101 cm³/mol. The first-order valence-corrected chi connectivity index (χ1v) is 8.97. The van der Waals surface area contributed by atoms with Crippen molar-refractivity contribution < 1.29 is 9.72 Å². The number of aryl methyl sites for hydroxylation is 2. The predicted octanol–water partition coefficient (Wildman–Crippen LogP) is 3.43. The molecule has 0 radical (unpaired) electrons. The van der Waals surface area contributed by atoms with Gasteiger partial charge in [0.1, 0.15) is 0 Å². The average Bonchev–Trinajstić information content (AvgIpc) is 3.16. The van der Waals surface area contributed by atoms with E-state index in [0.29, 0.717) is 4.88 Å². The van der Waals surface area contributed by atoms with Crippen LogP contribution in [0.25, 0.3) is 0 Å². The van der Waals surface area contributed by atoms with Gasteiger partial charge < -0.3 is 5.32 Å². The van der Waals surface area contributed by atoms with Crippen LogP contribution in [0.4, 0.5) is 11.4 Å². The third kappa shape index (κ3) is 4.06. The van der Waals surface area contributed by atoms with Crippen LogP contribution >= 0.6 is 35.2 Å². The van der Waals surface area contributed by atoms with E-state index in [4.69, 9.17) is 23.8 Å². The fourth-order valence-corrected chi connectivity index (χ4v) is 3.97. The SMILES string of the molecule is O=C(NNC(=S)Nc1cc([N+](=O)[O-])ccc1Cl)c1cc2c(s1)CCC2. The van der Waals surface area contributed by atoms with Crippen molar-refractivity contribution in [2.75, 3.05) is 5.32 Å². The Hall–Kier alpha value is -2.23. The number of hydrogen-bond acceptors (Lipinski definition) is 5. The summed E-state index contributed by atoms with van der Waals surface area (Å²) in [5.41, 5.74) is 6.47. The Morgan fingerprint density at radius 3 is 2.80 bits per heavy atom. The maximum absolute atomic E-state index is 12.2. The molecule has 7 nitrogen and oxygen atoms in total. The van der Waals surface area contributed by atoms with Gasteiger partial charge in [0.25, 0.3) is 11.6 Å². The smallest absolute Gasteiger partial charge is 0.279 e. The summed E-state index contributed by atoms with van der Waals surface area (Å²) >= 11 is 12.5. The topological polar surface area (TPSA) is 96.3 Å². The van der Waals surface area contributed by atoms with Gasteiger partial charge in [0.2, 0.25) is 0 Å². The molecule has 10 heteroatoms. The molecule has 0 saturated carbocycles. The lowest BCUT2D eigenvalue weighted by Gasteiger charge is -2.12. The molecule has 1 aromatic carbocycles. The van der Waals surface area contributed by atoms with Gasteiger partial charge in [-0.3, -0.25) is 25.8 Å². The van der Waals surface area contributed by atoms with Gasteiger partial charge in [0.15, 0.2) is 5.11 Å². The highest BCUT2D eigenvalue weighted by atomic mass is 35.5. The molecule has 1 heterocycles. The summed E-state index contributed by atoms with van der Waals surface area (Å²) in [6, 6.07) is 5.86. The number of benzene rings is 1. The maximum Gasteiger partial charge on any atom is 0.279 e. The largest absolute Gasteiger partial charge is 0.330 e. The van der Waals surface area contributed by atoms with Gasteiger partial charge in [-0.1, -0.05) is 11.6 Å². The van der Waals surface area contributed by atoms with Crippen LogP contribution in [0.2, 0.25) is 5.02 Å². The van der Waals surface area contributed by atoms with Crippen LogP contribution in [-0.2, 0) is 12.8 Å². The minimum Gasteiger partial charge on any atom is -0.330 e. The number of thiophene rings is 1. The molecular weight excluding hydrogens is 384 g/mol. The van der Waals surface area contributed by atoms with Crippen LogP contribution in [0, 0.1) is 10.1 Å². The Balaban J connectivity index is 1.58. The van der Waals surface area contributed by atoms with Crippen molar-refractivity contribution in [2.24, 2.45) is 0 Å². The van der Waals surface area contributed by atoms with Crippen LogP contribution in [0.1, 0.15) is 26.5 Å². The number of amides is 1. The van der Waals surface area contributed by atoms with Crippen molar-refractivity contribution in [3.8, 4) is 0 Å². The summed E-state index contributed by atoms with van der Waals surface area (Å²) in [4.78, 5) is 24.3. The number of rotatable bonds is 3. The van der Waals surface area contributed by atoms with Gasteiger partial charge in [-0.05, 0) is 49.2 Å². The van der Waals surface area contributed by atoms with E-state index in [1.807, 2.05) is 6.07 Å². The van der Waals surface area contributed by atoms with E-state index in [0.717, 1.165) is 19.3 Å². The summed E-state index contributed by atoms with van der Waals surface area (Å²) in [6.45, 7) is 0. The van der Waals surface area contributed by atoms with Crippen LogP contribution in [0.3, 0.4) is 0 Å². The van der Waals surface area contributed by atoms with Crippen molar-refractivity contribution >= 4 is 57.5 Å². The molecule has 3 N–H and O–H groups in total. The number of hydrogen-bond donors (Lipinski definition) is 3. The van der Waals surface area contributed by atoms with Crippen LogP contribution in [0.5, 0.6) is 0 Å². The fourth-order valence-electron chi connectivity index (χ4n) is 2.49. The zero-order valence-corrected chi connectivity index (χ0v) is 15.2. The van der Waals surface area contributed by atoms with Crippen LogP contribution in [-0.4, -0.2) is 15.9 Å². The van der Waals surface area contributed by atoms with Crippen molar-refractivity contribution in [1.82, 2.24) is 10.9 Å². The highest BCUT2D eigenvalue weighted by Crippen LogP contribution is 2.30. The number of nitrogens with zero attached hydrogens (tertiary/aromatic N) is 1. The molecular formula is C15H13ClN4O3S2. The molecule has 0 bridgehead atoms. The van der Waals surface area contributed by atoms with E-state index in [1.54, 1.807) is 0 Å². The number of anilines is 1. The molecule has 130 valence electrons. The summed E-state index contributed by atoms with van der Waals surface area (Å²) in [5.74, 6) is -0.284. The second kappa shape index (κ2) is 7.34. The number of hydrazine groups is 1. The van der Waals surface area contributed by atoms with E-state index in [2.05, 4.69) is 16.2 Å². The molecule has 0 fully saturated rings. The molecule has 1 aliphatic rings. The zero-order chi connectivity index (χ0) is 18.0. The van der Waals surface area contributed by atoms with Crippen molar-refractivity contribution in [3.63, 3.8) is 0 Å². The minimum absolute atomic E-state index is 0.0693. The minimum atomic E-state index is -0.532. The molecule has 1 aromatic heterocycles. The van der Waals surface area contributed by atoms with E-state index < -0.39 is 4.92 Å². The third-order valence-corrected chi connectivity index (χ3v) is 5.44. The number of halogens is 1. The first kappa shape index (κ1) is 17.6. The van der Waals surface area contributed by atoms with E-state index in [9.17, 15) is 14.9 Å². The number of carbonyl (C=O) groups is 1. The number of fused-ring (bicyclic) bond motifs is 1. The van der Waals surface area contributed by atoms with Crippen molar-refractivity contribution in [3.05, 3.63) is 54.7 Å². The third-order valence-electron chi connectivity index (χ3n) is 3.67. The highest BCUT2D eigenvalue weighted by Gasteiger charge is 2.18. The van der Waals surface area contributed by atoms with Gasteiger partial charge in [-0.25, -0.2) is 0 Å². The molecule has 25 heavy (non-hydrogen) atoms.